The number of likely N-dealkylation sites (N-methyl/N-ethyl adjacent to an activating group) is 1. The first-order chi connectivity index (χ1) is 15.0. The summed E-state index contributed by atoms with van der Waals surface area (Å²) in [6, 6.07) is 11.3. The van der Waals surface area contributed by atoms with E-state index in [9.17, 15) is 13.2 Å². The minimum absolute atomic E-state index is 0.0793. The Bertz CT molecular complexity index is 1040. The van der Waals surface area contributed by atoms with Crippen molar-refractivity contribution >= 4 is 21.6 Å². The number of amides is 1. The highest BCUT2D eigenvalue weighted by atomic mass is 32.2. The summed E-state index contributed by atoms with van der Waals surface area (Å²) in [4.78, 5) is 14.9. The molecule has 4 rings (SSSR count). The van der Waals surface area contributed by atoms with Crippen molar-refractivity contribution in [2.24, 2.45) is 0 Å². The van der Waals surface area contributed by atoms with Gasteiger partial charge in [-0.2, -0.15) is 0 Å². The number of carbonyl (C=O) groups is 1. The molecular formula is C22H27N3O5S. The molecule has 0 radical (unpaired) electrons. The maximum atomic E-state index is 12.7. The van der Waals surface area contributed by atoms with E-state index >= 15 is 0 Å². The van der Waals surface area contributed by atoms with Gasteiger partial charge in [0.25, 0.3) is 15.9 Å². The summed E-state index contributed by atoms with van der Waals surface area (Å²) in [6.45, 7) is 5.63. The van der Waals surface area contributed by atoms with E-state index in [1.165, 1.54) is 12.1 Å². The second-order valence-corrected chi connectivity index (χ2v) is 9.31. The first-order valence-electron chi connectivity index (χ1n) is 10.5. The highest BCUT2D eigenvalue weighted by Gasteiger charge is 2.23. The van der Waals surface area contributed by atoms with Crippen molar-refractivity contribution in [3.8, 4) is 11.5 Å². The van der Waals surface area contributed by atoms with E-state index in [2.05, 4.69) is 21.9 Å². The van der Waals surface area contributed by atoms with Gasteiger partial charge in [-0.05, 0) is 62.3 Å². The number of likely N-dealkylation sites (tertiary alicyclic amines) is 1. The number of sulfonamides is 1. The highest BCUT2D eigenvalue weighted by molar-refractivity contribution is 7.92. The van der Waals surface area contributed by atoms with Crippen molar-refractivity contribution in [2.45, 2.75) is 30.7 Å². The molecule has 0 bridgehead atoms. The number of carbonyl (C=O) groups excluding carboxylic acids is 1. The summed E-state index contributed by atoms with van der Waals surface area (Å²) in [6.07, 6.45) is 2.25. The summed E-state index contributed by atoms with van der Waals surface area (Å²) in [5.41, 5.74) is 0.864. The molecule has 2 aliphatic rings. The zero-order chi connectivity index (χ0) is 21.8. The molecule has 0 unspecified atom stereocenters. The van der Waals surface area contributed by atoms with Crippen molar-refractivity contribution in [2.75, 3.05) is 37.6 Å². The Kier molecular flexibility index (Phi) is 6.33. The highest BCUT2D eigenvalue weighted by Crippen LogP contribution is 2.32. The Hall–Kier alpha value is -2.78. The summed E-state index contributed by atoms with van der Waals surface area (Å²) in [7, 11) is -3.80. The van der Waals surface area contributed by atoms with Gasteiger partial charge in [-0.25, -0.2) is 8.42 Å². The number of fused-ring (bicyclic) bond motifs is 1. The van der Waals surface area contributed by atoms with Crippen LogP contribution in [0, 0.1) is 0 Å². The smallest absolute Gasteiger partial charge is 0.262 e. The molecule has 1 atom stereocenters. The van der Waals surface area contributed by atoms with Gasteiger partial charge in [0.2, 0.25) is 0 Å². The van der Waals surface area contributed by atoms with E-state index in [1.807, 2.05) is 0 Å². The van der Waals surface area contributed by atoms with E-state index in [4.69, 9.17) is 9.47 Å². The van der Waals surface area contributed by atoms with Crippen molar-refractivity contribution in [1.82, 2.24) is 10.2 Å². The Labute approximate surface area is 182 Å². The molecule has 0 aliphatic carbocycles. The van der Waals surface area contributed by atoms with Crippen LogP contribution in [0.5, 0.6) is 11.5 Å². The largest absolute Gasteiger partial charge is 0.486 e. The standard InChI is InChI=1S/C22H27N3O5S/c1-2-25-11-3-4-18(25)15-23-22(26)16-5-7-17(8-6-16)24-31(27,28)19-9-10-20-21(14-19)30-13-12-29-20/h5-10,14,18,24H,2-4,11-13,15H2,1H3,(H,23,26)/t18-/m1/s1. The molecule has 166 valence electrons. The molecule has 31 heavy (non-hydrogen) atoms. The van der Waals surface area contributed by atoms with Gasteiger partial charge in [0.05, 0.1) is 4.90 Å². The molecule has 2 aliphatic heterocycles. The van der Waals surface area contributed by atoms with Crippen LogP contribution in [0.1, 0.15) is 30.1 Å². The first-order valence-corrected chi connectivity index (χ1v) is 12.0. The van der Waals surface area contributed by atoms with Gasteiger partial charge >= 0.3 is 0 Å². The first kappa shape index (κ1) is 21.5. The maximum absolute atomic E-state index is 12.7. The Balaban J connectivity index is 1.38. The van der Waals surface area contributed by atoms with Crippen LogP contribution in [-0.4, -0.2) is 58.1 Å². The van der Waals surface area contributed by atoms with Crippen LogP contribution in [0.2, 0.25) is 0 Å². The van der Waals surface area contributed by atoms with E-state index < -0.39 is 10.0 Å². The van der Waals surface area contributed by atoms with Crippen LogP contribution >= 0.6 is 0 Å². The molecule has 2 heterocycles. The molecule has 0 saturated carbocycles. The normalized spacial score (nSPS) is 18.5. The molecule has 0 aromatic heterocycles. The van der Waals surface area contributed by atoms with Crippen LogP contribution < -0.4 is 19.5 Å². The zero-order valence-corrected chi connectivity index (χ0v) is 18.3. The van der Waals surface area contributed by atoms with Crippen LogP contribution in [-0.2, 0) is 10.0 Å². The summed E-state index contributed by atoms with van der Waals surface area (Å²) >= 11 is 0. The lowest BCUT2D eigenvalue weighted by atomic mass is 10.1. The molecule has 2 N–H and O–H groups in total. The number of nitrogens with one attached hydrogen (secondary N) is 2. The molecule has 8 nitrogen and oxygen atoms in total. The van der Waals surface area contributed by atoms with Gasteiger partial charge in [0.15, 0.2) is 11.5 Å². The predicted molar refractivity (Wildman–Crippen MR) is 117 cm³/mol. The maximum Gasteiger partial charge on any atom is 0.262 e. The second kappa shape index (κ2) is 9.15. The van der Waals surface area contributed by atoms with Crippen LogP contribution in [0.4, 0.5) is 5.69 Å². The van der Waals surface area contributed by atoms with Crippen molar-refractivity contribution < 1.29 is 22.7 Å². The van der Waals surface area contributed by atoms with E-state index in [0.717, 1.165) is 25.9 Å². The number of hydrogen-bond acceptors (Lipinski definition) is 6. The van der Waals surface area contributed by atoms with Gasteiger partial charge in [0.1, 0.15) is 13.2 Å². The average Bonchev–Trinajstić information content (AvgIpc) is 3.25. The topological polar surface area (TPSA) is 97.0 Å². The molecule has 1 saturated heterocycles. The average molecular weight is 446 g/mol. The zero-order valence-electron chi connectivity index (χ0n) is 17.5. The van der Waals surface area contributed by atoms with Gasteiger partial charge < -0.3 is 14.8 Å². The second-order valence-electron chi connectivity index (χ2n) is 7.62. The summed E-state index contributed by atoms with van der Waals surface area (Å²) in [5.74, 6) is 0.773. The quantitative estimate of drug-likeness (QED) is 0.680. The van der Waals surface area contributed by atoms with Crippen molar-refractivity contribution in [1.29, 1.82) is 0 Å². The SMILES string of the molecule is CCN1CCC[C@@H]1CNC(=O)c1ccc(NS(=O)(=O)c2ccc3c(c2)OCCO3)cc1. The third-order valence-electron chi connectivity index (χ3n) is 5.63. The predicted octanol–water partition coefficient (Wildman–Crippen LogP) is 2.47. The lowest BCUT2D eigenvalue weighted by Crippen LogP contribution is -2.40. The third-order valence-corrected chi connectivity index (χ3v) is 7.01. The van der Waals surface area contributed by atoms with Crippen molar-refractivity contribution in [3.05, 3.63) is 48.0 Å². The van der Waals surface area contributed by atoms with E-state index in [0.29, 0.717) is 48.6 Å². The Morgan fingerprint density at radius 3 is 2.58 bits per heavy atom. The molecule has 0 spiro atoms. The fraction of sp³-hybridized carbons (Fsp3) is 0.409. The molecule has 1 amide bonds. The van der Waals surface area contributed by atoms with Gasteiger partial charge in [-0.1, -0.05) is 6.92 Å². The molecular weight excluding hydrogens is 418 g/mol. The minimum atomic E-state index is -3.80. The van der Waals surface area contributed by atoms with Gasteiger partial charge in [-0.15, -0.1) is 0 Å². The number of hydrogen-bond donors (Lipinski definition) is 2. The lowest BCUT2D eigenvalue weighted by Gasteiger charge is -2.22. The molecule has 2 aromatic rings. The number of ether oxygens (including phenoxy) is 2. The van der Waals surface area contributed by atoms with Crippen LogP contribution in [0.25, 0.3) is 0 Å². The van der Waals surface area contributed by atoms with E-state index in [-0.39, 0.29) is 10.8 Å². The summed E-state index contributed by atoms with van der Waals surface area (Å²) < 4.78 is 38.9. The summed E-state index contributed by atoms with van der Waals surface area (Å²) in [5, 5.41) is 2.98. The number of rotatable bonds is 7. The monoisotopic (exact) mass is 445 g/mol. The van der Waals surface area contributed by atoms with Gasteiger partial charge in [-0.3, -0.25) is 14.4 Å². The van der Waals surface area contributed by atoms with Gasteiger partial charge in [0, 0.05) is 29.9 Å². The molecule has 2 aromatic carbocycles. The Morgan fingerprint density at radius 2 is 1.84 bits per heavy atom. The van der Waals surface area contributed by atoms with Crippen LogP contribution in [0.3, 0.4) is 0 Å². The fourth-order valence-electron chi connectivity index (χ4n) is 3.95. The number of nitrogens with zero attached hydrogens (tertiary/aromatic N) is 1. The minimum Gasteiger partial charge on any atom is -0.486 e. The fourth-order valence-corrected chi connectivity index (χ4v) is 5.02. The van der Waals surface area contributed by atoms with Crippen LogP contribution in [0.15, 0.2) is 47.4 Å². The molecule has 9 heteroatoms. The Morgan fingerprint density at radius 1 is 1.10 bits per heavy atom. The number of benzene rings is 2. The van der Waals surface area contributed by atoms with Crippen molar-refractivity contribution in [3.63, 3.8) is 0 Å². The number of anilines is 1. The lowest BCUT2D eigenvalue weighted by molar-refractivity contribution is 0.0941. The van der Waals surface area contributed by atoms with E-state index in [1.54, 1.807) is 30.3 Å². The third kappa shape index (κ3) is 4.94. The molecule has 1 fully saturated rings.